The third-order valence-electron chi connectivity index (χ3n) is 11.4. The lowest BCUT2D eigenvalue weighted by molar-refractivity contribution is -0.136. The molecule has 5 nitrogen and oxygen atoms in total. The van der Waals surface area contributed by atoms with E-state index in [1.165, 1.54) is 30.6 Å². The van der Waals surface area contributed by atoms with Gasteiger partial charge in [-0.2, -0.15) is 0 Å². The molecular weight excluding hydrogens is 663 g/mol. The quantitative estimate of drug-likeness (QED) is 0.171. The monoisotopic (exact) mass is 707 g/mol. The lowest BCUT2D eigenvalue weighted by Crippen LogP contribution is -2.31. The second-order valence-corrected chi connectivity index (χ2v) is 14.8. The summed E-state index contributed by atoms with van der Waals surface area (Å²) in [6.45, 7) is 1.86. The van der Waals surface area contributed by atoms with Crippen molar-refractivity contribution in [2.75, 3.05) is 0 Å². The fourth-order valence-corrected chi connectivity index (χ4v) is 8.92. The van der Waals surface area contributed by atoms with Crippen LogP contribution in [-0.4, -0.2) is 25.8 Å². The van der Waals surface area contributed by atoms with Crippen molar-refractivity contribution in [1.29, 1.82) is 0 Å². The zero-order valence-corrected chi connectivity index (χ0v) is 30.7. The molecule has 2 amide bonds. The van der Waals surface area contributed by atoms with Crippen LogP contribution in [0.3, 0.4) is 0 Å². The molecule has 0 fully saturated rings. The number of imide groups is 1. The largest absolute Gasteiger partial charge is 0.340 e. The van der Waals surface area contributed by atoms with Gasteiger partial charge in [-0.25, -0.2) is 0 Å². The number of para-hydroxylation sites is 2. The summed E-state index contributed by atoms with van der Waals surface area (Å²) in [5.41, 5.74) is 9.84. The van der Waals surface area contributed by atoms with Crippen molar-refractivity contribution < 1.29 is 9.59 Å². The van der Waals surface area contributed by atoms with Crippen molar-refractivity contribution in [3.63, 3.8) is 0 Å². The Hall–Kier alpha value is -5.94. The number of benzene rings is 5. The molecule has 5 heteroatoms. The molecule has 0 radical (unpaired) electrons. The van der Waals surface area contributed by atoms with E-state index in [4.69, 9.17) is 0 Å². The Morgan fingerprint density at radius 1 is 0.407 bits per heavy atom. The molecule has 0 aliphatic carbocycles. The molecule has 2 aromatic heterocycles. The Labute approximate surface area is 317 Å². The van der Waals surface area contributed by atoms with E-state index in [-0.39, 0.29) is 18.4 Å². The van der Waals surface area contributed by atoms with Crippen LogP contribution < -0.4 is 0 Å². The molecule has 2 aliphatic rings. The summed E-state index contributed by atoms with van der Waals surface area (Å²) in [6.07, 6.45) is 9.33. The number of carbonyl (C=O) groups excluding carboxylic acids is 2. The van der Waals surface area contributed by atoms with E-state index in [2.05, 4.69) is 106 Å². The van der Waals surface area contributed by atoms with Crippen molar-refractivity contribution in [2.24, 2.45) is 0 Å². The summed E-state index contributed by atoms with van der Waals surface area (Å²) in [7, 11) is 0. The molecular formula is C49H45N3O2. The first-order valence-corrected chi connectivity index (χ1v) is 19.7. The summed E-state index contributed by atoms with van der Waals surface area (Å²) in [6, 6.07) is 47.8. The molecule has 5 aromatic carbocycles. The fraction of sp³-hybridized carbons (Fsp3) is 0.224. The minimum Gasteiger partial charge on any atom is -0.340 e. The molecule has 0 atom stereocenters. The van der Waals surface area contributed by atoms with E-state index in [9.17, 15) is 0 Å². The van der Waals surface area contributed by atoms with Crippen molar-refractivity contribution in [3.05, 3.63) is 156 Å². The second-order valence-electron chi connectivity index (χ2n) is 14.8. The van der Waals surface area contributed by atoms with Crippen molar-refractivity contribution in [3.8, 4) is 22.5 Å². The third-order valence-corrected chi connectivity index (χ3v) is 11.4. The minimum absolute atomic E-state index is 0.199. The Morgan fingerprint density at radius 2 is 0.778 bits per heavy atom. The molecule has 54 heavy (non-hydrogen) atoms. The van der Waals surface area contributed by atoms with Crippen LogP contribution in [0.25, 0.3) is 55.5 Å². The Balaban J connectivity index is 1.41. The summed E-state index contributed by atoms with van der Waals surface area (Å²) in [5.74, 6) is -0.492. The highest BCUT2D eigenvalue weighted by Crippen LogP contribution is 2.49. The van der Waals surface area contributed by atoms with Gasteiger partial charge in [-0.05, 0) is 41.7 Å². The van der Waals surface area contributed by atoms with E-state index in [1.54, 1.807) is 0 Å². The predicted octanol–water partition coefficient (Wildman–Crippen LogP) is 11.5. The molecule has 0 saturated carbocycles. The van der Waals surface area contributed by atoms with Gasteiger partial charge >= 0.3 is 0 Å². The fourth-order valence-electron chi connectivity index (χ4n) is 8.92. The molecule has 2 aliphatic heterocycles. The van der Waals surface area contributed by atoms with Crippen molar-refractivity contribution >= 4 is 44.8 Å². The van der Waals surface area contributed by atoms with E-state index in [0.717, 1.165) is 99.8 Å². The highest BCUT2D eigenvalue weighted by atomic mass is 16.2. The van der Waals surface area contributed by atoms with Crippen LogP contribution in [-0.2, 0) is 29.2 Å². The number of rotatable bonds is 4. The summed E-state index contributed by atoms with van der Waals surface area (Å²) in [5, 5.41) is 1.99. The Kier molecular flexibility index (Phi) is 9.30. The van der Waals surface area contributed by atoms with Crippen LogP contribution >= 0.6 is 0 Å². The lowest BCUT2D eigenvalue weighted by Gasteiger charge is -2.16. The smallest absolute Gasteiger partial charge is 0.262 e. The van der Waals surface area contributed by atoms with Crippen LogP contribution in [0.15, 0.2) is 140 Å². The van der Waals surface area contributed by atoms with E-state index >= 15 is 9.59 Å². The number of nitrogens with zero attached hydrogens (tertiary/aromatic N) is 3. The van der Waals surface area contributed by atoms with Gasteiger partial charge in [-0.3, -0.25) is 14.5 Å². The van der Waals surface area contributed by atoms with Gasteiger partial charge in [0.25, 0.3) is 11.8 Å². The zero-order chi connectivity index (χ0) is 36.4. The zero-order valence-electron chi connectivity index (χ0n) is 30.7. The van der Waals surface area contributed by atoms with Gasteiger partial charge in [-0.1, -0.05) is 166 Å². The van der Waals surface area contributed by atoms with Crippen LogP contribution in [0.5, 0.6) is 0 Å². The normalized spacial score (nSPS) is 15.8. The first-order valence-electron chi connectivity index (χ1n) is 19.7. The number of carbonyl (C=O) groups is 2. The summed E-state index contributed by atoms with van der Waals surface area (Å²) in [4.78, 5) is 32.4. The van der Waals surface area contributed by atoms with Crippen molar-refractivity contribution in [1.82, 2.24) is 14.0 Å². The first kappa shape index (κ1) is 33.9. The Bertz CT molecular complexity index is 2350. The van der Waals surface area contributed by atoms with E-state index in [1.807, 2.05) is 42.5 Å². The Morgan fingerprint density at radius 3 is 1.22 bits per heavy atom. The van der Waals surface area contributed by atoms with Gasteiger partial charge < -0.3 is 9.13 Å². The minimum atomic E-state index is -0.246. The first-order chi connectivity index (χ1) is 26.7. The van der Waals surface area contributed by atoms with Gasteiger partial charge in [0.1, 0.15) is 0 Å². The topological polar surface area (TPSA) is 47.2 Å². The van der Waals surface area contributed by atoms with Crippen LogP contribution in [0.1, 0.15) is 68.1 Å². The highest BCUT2D eigenvalue weighted by Gasteiger charge is 2.44. The number of hydrogen-bond donors (Lipinski definition) is 0. The number of hydrogen-bond acceptors (Lipinski definition) is 2. The number of aromatic nitrogens is 2. The van der Waals surface area contributed by atoms with Gasteiger partial charge in [-0.15, -0.1) is 0 Å². The number of aryl methyl sites for hydroxylation is 2. The van der Waals surface area contributed by atoms with Crippen LogP contribution in [0.4, 0.5) is 0 Å². The van der Waals surface area contributed by atoms with Gasteiger partial charge in [0.15, 0.2) is 0 Å². The molecule has 4 bridgehead atoms. The molecule has 9 rings (SSSR count). The molecule has 7 aromatic rings. The predicted molar refractivity (Wildman–Crippen MR) is 220 cm³/mol. The number of fused-ring (bicyclic) bond motifs is 12. The molecule has 0 spiro atoms. The highest BCUT2D eigenvalue weighted by molar-refractivity contribution is 6.51. The summed E-state index contributed by atoms with van der Waals surface area (Å²) >= 11 is 0. The molecule has 0 unspecified atom stereocenters. The number of amides is 2. The lowest BCUT2D eigenvalue weighted by atomic mass is 9.90. The van der Waals surface area contributed by atoms with Gasteiger partial charge in [0.2, 0.25) is 0 Å². The van der Waals surface area contributed by atoms with Crippen LogP contribution in [0.2, 0.25) is 0 Å². The average molecular weight is 708 g/mol. The third kappa shape index (κ3) is 5.98. The van der Waals surface area contributed by atoms with E-state index in [0.29, 0.717) is 11.1 Å². The summed E-state index contributed by atoms with van der Waals surface area (Å²) < 4.78 is 4.85. The standard InChI is InChI=1S/C49H45N3O2/c53-48-44-42-38-28-16-18-30-40(38)50(46(42)36-24-12-8-13-25-36)32-20-5-3-1-2-4-6-21-33-51-41-31-19-17-29-39(41)43(47(51)37-26-14-9-15-27-37)45(44)49(54)52(48)34-35-22-10-7-11-23-35/h7-19,22-31H,1-6,20-21,32-34H2. The maximum absolute atomic E-state index is 15.4. The second kappa shape index (κ2) is 14.8. The molecule has 268 valence electrons. The maximum atomic E-state index is 15.4. The van der Waals surface area contributed by atoms with Gasteiger partial charge in [0.05, 0.1) is 29.1 Å². The maximum Gasteiger partial charge on any atom is 0.262 e. The average Bonchev–Trinajstić information content (AvgIpc) is 3.80. The van der Waals surface area contributed by atoms with E-state index < -0.39 is 0 Å². The molecule has 4 heterocycles. The van der Waals surface area contributed by atoms with Gasteiger partial charge in [0, 0.05) is 46.0 Å². The van der Waals surface area contributed by atoms with Crippen molar-refractivity contribution in [2.45, 2.75) is 71.0 Å². The van der Waals surface area contributed by atoms with Crippen LogP contribution in [0, 0.1) is 0 Å². The molecule has 0 N–H and O–H groups in total. The molecule has 0 saturated heterocycles. The SMILES string of the molecule is O=C1C2=C(C(=O)N1Cc1ccccc1)c1c(-c3ccccc3)n(c3ccccc13)CCCCCCCCCCn1c(-c3ccccc3)c2c2ccccc21.